The molecule has 0 atom stereocenters. The van der Waals surface area contributed by atoms with E-state index in [9.17, 15) is 9.18 Å². The van der Waals surface area contributed by atoms with Gasteiger partial charge in [0, 0.05) is 25.2 Å². The molecule has 1 amide bonds. The highest BCUT2D eigenvalue weighted by Gasteiger charge is 2.34. The van der Waals surface area contributed by atoms with Crippen LogP contribution < -0.4 is 10.1 Å². The standard InChI is InChI=1S/C24H23BrFNO3/c25-23-20-4-2-1-3-17(20)5-10-21(23)30-15-22(28)27-16-24(11-13-29-14-12-24)18-6-8-19(26)9-7-18/h1-10H,11-16H2,(H,27,28). The van der Waals surface area contributed by atoms with Crippen molar-refractivity contribution in [2.75, 3.05) is 26.4 Å². The molecule has 4 rings (SSSR count). The Labute approximate surface area is 183 Å². The van der Waals surface area contributed by atoms with Gasteiger partial charge < -0.3 is 14.8 Å². The highest BCUT2D eigenvalue weighted by atomic mass is 79.9. The van der Waals surface area contributed by atoms with Crippen molar-refractivity contribution < 1.29 is 18.7 Å². The van der Waals surface area contributed by atoms with Gasteiger partial charge in [0.1, 0.15) is 11.6 Å². The van der Waals surface area contributed by atoms with E-state index < -0.39 is 0 Å². The van der Waals surface area contributed by atoms with Gasteiger partial charge >= 0.3 is 0 Å². The first-order valence-corrected chi connectivity index (χ1v) is 10.8. The summed E-state index contributed by atoms with van der Waals surface area (Å²) >= 11 is 3.58. The summed E-state index contributed by atoms with van der Waals surface area (Å²) < 4.78 is 25.5. The number of amides is 1. The minimum Gasteiger partial charge on any atom is -0.483 e. The second-order valence-electron chi connectivity index (χ2n) is 7.56. The maximum absolute atomic E-state index is 13.4. The summed E-state index contributed by atoms with van der Waals surface area (Å²) in [4.78, 5) is 12.5. The lowest BCUT2D eigenvalue weighted by Gasteiger charge is -2.38. The molecule has 0 aliphatic carbocycles. The number of carbonyl (C=O) groups is 1. The molecule has 0 bridgehead atoms. The molecule has 0 radical (unpaired) electrons. The number of rotatable bonds is 6. The van der Waals surface area contributed by atoms with Gasteiger partial charge in [0.05, 0.1) is 4.47 Å². The van der Waals surface area contributed by atoms with Crippen LogP contribution in [0, 0.1) is 5.82 Å². The molecule has 156 valence electrons. The molecule has 1 aliphatic heterocycles. The maximum atomic E-state index is 13.4. The molecule has 1 saturated heterocycles. The molecule has 0 aromatic heterocycles. The van der Waals surface area contributed by atoms with Crippen LogP contribution in [0.5, 0.6) is 5.75 Å². The Kier molecular flexibility index (Phi) is 6.35. The SMILES string of the molecule is O=C(COc1ccc2ccccc2c1Br)NCC1(c2ccc(F)cc2)CCOCC1. The highest BCUT2D eigenvalue weighted by molar-refractivity contribution is 9.10. The summed E-state index contributed by atoms with van der Waals surface area (Å²) in [6.45, 7) is 1.62. The maximum Gasteiger partial charge on any atom is 0.257 e. The lowest BCUT2D eigenvalue weighted by atomic mass is 9.74. The summed E-state index contributed by atoms with van der Waals surface area (Å²) in [6.07, 6.45) is 1.55. The zero-order valence-electron chi connectivity index (χ0n) is 16.5. The molecule has 1 heterocycles. The van der Waals surface area contributed by atoms with E-state index in [2.05, 4.69) is 21.2 Å². The van der Waals surface area contributed by atoms with Crippen molar-refractivity contribution in [3.05, 3.63) is 76.5 Å². The van der Waals surface area contributed by atoms with Crippen molar-refractivity contribution in [2.45, 2.75) is 18.3 Å². The van der Waals surface area contributed by atoms with Crippen LogP contribution in [-0.4, -0.2) is 32.3 Å². The Balaban J connectivity index is 1.41. The van der Waals surface area contributed by atoms with Crippen LogP contribution in [0.4, 0.5) is 4.39 Å². The second-order valence-corrected chi connectivity index (χ2v) is 8.36. The van der Waals surface area contributed by atoms with E-state index in [1.807, 2.05) is 36.4 Å². The van der Waals surface area contributed by atoms with E-state index in [1.54, 1.807) is 12.1 Å². The van der Waals surface area contributed by atoms with Crippen molar-refractivity contribution >= 4 is 32.6 Å². The molecule has 1 fully saturated rings. The average Bonchev–Trinajstić information content (AvgIpc) is 2.78. The van der Waals surface area contributed by atoms with E-state index in [0.717, 1.165) is 33.7 Å². The van der Waals surface area contributed by atoms with E-state index in [0.29, 0.717) is 25.5 Å². The number of carbonyl (C=O) groups excluding carboxylic acids is 1. The number of benzene rings is 3. The first-order chi connectivity index (χ1) is 14.6. The number of fused-ring (bicyclic) bond motifs is 1. The van der Waals surface area contributed by atoms with Crippen molar-refractivity contribution in [3.8, 4) is 5.75 Å². The molecule has 0 spiro atoms. The van der Waals surface area contributed by atoms with Crippen LogP contribution in [0.2, 0.25) is 0 Å². The molecule has 1 N–H and O–H groups in total. The average molecular weight is 472 g/mol. The molecule has 3 aromatic carbocycles. The topological polar surface area (TPSA) is 47.6 Å². The molecular formula is C24H23BrFNO3. The highest BCUT2D eigenvalue weighted by Crippen LogP contribution is 2.35. The summed E-state index contributed by atoms with van der Waals surface area (Å²) in [5.41, 5.74) is 0.760. The number of hydrogen-bond acceptors (Lipinski definition) is 3. The third kappa shape index (κ3) is 4.50. The Hall–Kier alpha value is -2.44. The van der Waals surface area contributed by atoms with Crippen LogP contribution in [0.3, 0.4) is 0 Å². The van der Waals surface area contributed by atoms with Crippen molar-refractivity contribution in [1.82, 2.24) is 5.32 Å². The molecule has 6 heteroatoms. The molecule has 1 aliphatic rings. The Bertz CT molecular complexity index is 1030. The fourth-order valence-corrected chi connectivity index (χ4v) is 4.53. The number of ether oxygens (including phenoxy) is 2. The lowest BCUT2D eigenvalue weighted by Crippen LogP contribution is -2.45. The van der Waals surface area contributed by atoms with Gasteiger partial charge in [-0.05, 0) is 63.3 Å². The first kappa shape index (κ1) is 20.8. The molecule has 30 heavy (non-hydrogen) atoms. The Morgan fingerprint density at radius 2 is 1.80 bits per heavy atom. The normalized spacial score (nSPS) is 15.7. The van der Waals surface area contributed by atoms with Gasteiger partial charge in [0.2, 0.25) is 0 Å². The molecule has 0 saturated carbocycles. The zero-order valence-corrected chi connectivity index (χ0v) is 18.1. The first-order valence-electron chi connectivity index (χ1n) is 9.98. The van der Waals surface area contributed by atoms with Gasteiger partial charge in [-0.25, -0.2) is 4.39 Å². The molecular weight excluding hydrogens is 449 g/mol. The number of hydrogen-bond donors (Lipinski definition) is 1. The van der Waals surface area contributed by atoms with Crippen LogP contribution in [-0.2, 0) is 14.9 Å². The van der Waals surface area contributed by atoms with Crippen molar-refractivity contribution in [2.24, 2.45) is 0 Å². The second kappa shape index (κ2) is 9.14. The van der Waals surface area contributed by atoms with Gasteiger partial charge in [-0.15, -0.1) is 0 Å². The fourth-order valence-electron chi connectivity index (χ4n) is 3.92. The molecule has 0 unspecified atom stereocenters. The summed E-state index contributed by atoms with van der Waals surface area (Å²) in [6, 6.07) is 18.3. The van der Waals surface area contributed by atoms with E-state index >= 15 is 0 Å². The predicted octanol–water partition coefficient (Wildman–Crippen LogP) is 4.98. The quantitative estimate of drug-likeness (QED) is 0.551. The summed E-state index contributed by atoms with van der Waals surface area (Å²) in [5, 5.41) is 5.14. The fraction of sp³-hybridized carbons (Fsp3) is 0.292. The minimum atomic E-state index is -0.264. The monoisotopic (exact) mass is 471 g/mol. The van der Waals surface area contributed by atoms with Gasteiger partial charge in [0.15, 0.2) is 6.61 Å². The van der Waals surface area contributed by atoms with E-state index in [1.165, 1.54) is 12.1 Å². The van der Waals surface area contributed by atoms with Crippen molar-refractivity contribution in [3.63, 3.8) is 0 Å². The minimum absolute atomic E-state index is 0.0765. The van der Waals surface area contributed by atoms with Crippen LogP contribution in [0.25, 0.3) is 10.8 Å². The van der Waals surface area contributed by atoms with Crippen molar-refractivity contribution in [1.29, 1.82) is 0 Å². The summed E-state index contributed by atoms with van der Waals surface area (Å²) in [5.74, 6) is 0.172. The smallest absolute Gasteiger partial charge is 0.257 e. The van der Waals surface area contributed by atoms with Gasteiger partial charge in [-0.3, -0.25) is 4.79 Å². The molecule has 4 nitrogen and oxygen atoms in total. The number of nitrogens with one attached hydrogen (secondary N) is 1. The zero-order chi connectivity index (χ0) is 21.0. The van der Waals surface area contributed by atoms with Crippen LogP contribution >= 0.6 is 15.9 Å². The van der Waals surface area contributed by atoms with E-state index in [4.69, 9.17) is 9.47 Å². The summed E-state index contributed by atoms with van der Waals surface area (Å²) in [7, 11) is 0. The van der Waals surface area contributed by atoms with E-state index in [-0.39, 0.29) is 23.7 Å². The lowest BCUT2D eigenvalue weighted by molar-refractivity contribution is -0.123. The van der Waals surface area contributed by atoms with Gasteiger partial charge in [-0.1, -0.05) is 42.5 Å². The Morgan fingerprint density at radius 3 is 2.57 bits per heavy atom. The predicted molar refractivity (Wildman–Crippen MR) is 118 cm³/mol. The number of halogens is 2. The Morgan fingerprint density at radius 1 is 1.07 bits per heavy atom. The van der Waals surface area contributed by atoms with Gasteiger partial charge in [-0.2, -0.15) is 0 Å². The third-order valence-electron chi connectivity index (χ3n) is 5.72. The van der Waals surface area contributed by atoms with Crippen LogP contribution in [0.1, 0.15) is 18.4 Å². The van der Waals surface area contributed by atoms with Gasteiger partial charge in [0.25, 0.3) is 5.91 Å². The largest absolute Gasteiger partial charge is 0.483 e. The third-order valence-corrected chi connectivity index (χ3v) is 6.54. The molecule has 3 aromatic rings. The van der Waals surface area contributed by atoms with Crippen LogP contribution in [0.15, 0.2) is 65.1 Å².